The fourth-order valence-corrected chi connectivity index (χ4v) is 2.47. The van der Waals surface area contributed by atoms with Gasteiger partial charge in [0.05, 0.1) is 0 Å². The van der Waals surface area contributed by atoms with Gasteiger partial charge in [0.1, 0.15) is 0 Å². The van der Waals surface area contributed by atoms with Crippen LogP contribution in [0.25, 0.3) is 0 Å². The molecule has 6 heteroatoms. The third-order valence-electron chi connectivity index (χ3n) is 3.59. The summed E-state index contributed by atoms with van der Waals surface area (Å²) in [5, 5.41) is 3.22. The molecule has 2 nitrogen and oxygen atoms in total. The molecule has 2 rings (SSSR count). The Hall–Kier alpha value is -1.61. The van der Waals surface area contributed by atoms with E-state index in [9.17, 15) is 12.9 Å². The van der Waals surface area contributed by atoms with Crippen LogP contribution in [-0.2, 0) is 6.32 Å². The molecule has 0 bridgehead atoms. The first-order chi connectivity index (χ1) is 9.40. The lowest BCUT2D eigenvalue weighted by molar-refractivity contribution is 0.468. The fraction of sp³-hybridized carbons (Fsp3) is 0.429. The minimum atomic E-state index is -4.86. The summed E-state index contributed by atoms with van der Waals surface area (Å²) in [6.07, 6.45) is 4.55. The maximum Gasteiger partial charge on any atom is 0.482 e. The molecule has 0 aromatic heterocycles. The highest BCUT2D eigenvalue weighted by atomic mass is 19.4. The largest absolute Gasteiger partial charge is 0.482 e. The number of nitrogens with one attached hydrogen (secondary N) is 1. The molecular weight excluding hydrogens is 264 g/mol. The third kappa shape index (κ3) is 3.48. The number of benzene rings is 1. The molecule has 1 heterocycles. The molecule has 20 heavy (non-hydrogen) atoms. The summed E-state index contributed by atoms with van der Waals surface area (Å²) in [5.74, 6) is 2.50. The second kappa shape index (κ2) is 5.80. The number of rotatable bonds is 3. The molecular formula is C14H17BF3N2-. The molecule has 1 aliphatic heterocycles. The molecule has 108 valence electrons. The molecule has 1 saturated heterocycles. The number of nitrogens with zero attached hydrogens (tertiary/aromatic N) is 1. The maximum atomic E-state index is 12.7. The van der Waals surface area contributed by atoms with Crippen molar-refractivity contribution in [1.29, 1.82) is 0 Å². The van der Waals surface area contributed by atoms with Crippen molar-refractivity contribution in [3.63, 3.8) is 0 Å². The van der Waals surface area contributed by atoms with Gasteiger partial charge in [0.25, 0.3) is 0 Å². The first-order valence-electron chi connectivity index (χ1n) is 6.67. The van der Waals surface area contributed by atoms with Gasteiger partial charge in [0, 0.05) is 37.4 Å². The number of anilines is 1. The highest BCUT2D eigenvalue weighted by Gasteiger charge is 2.25. The van der Waals surface area contributed by atoms with Crippen molar-refractivity contribution in [1.82, 2.24) is 5.32 Å². The van der Waals surface area contributed by atoms with Crippen molar-refractivity contribution < 1.29 is 12.9 Å². The first kappa shape index (κ1) is 14.8. The van der Waals surface area contributed by atoms with Gasteiger partial charge in [-0.2, -0.15) is 0 Å². The second-order valence-corrected chi connectivity index (χ2v) is 5.07. The van der Waals surface area contributed by atoms with Gasteiger partial charge >= 0.3 is 6.98 Å². The van der Waals surface area contributed by atoms with Crippen LogP contribution in [0.3, 0.4) is 0 Å². The van der Waals surface area contributed by atoms with Gasteiger partial charge in [-0.3, -0.25) is 0 Å². The zero-order valence-electron chi connectivity index (χ0n) is 11.4. The van der Waals surface area contributed by atoms with E-state index >= 15 is 0 Å². The van der Waals surface area contributed by atoms with E-state index in [0.717, 1.165) is 31.9 Å². The maximum absolute atomic E-state index is 12.7. The van der Waals surface area contributed by atoms with Gasteiger partial charge in [0.2, 0.25) is 0 Å². The highest BCUT2D eigenvalue weighted by Crippen LogP contribution is 2.27. The van der Waals surface area contributed by atoms with Crippen molar-refractivity contribution in [3.8, 4) is 12.3 Å². The Morgan fingerprint density at radius 2 is 1.95 bits per heavy atom. The van der Waals surface area contributed by atoms with Gasteiger partial charge in [-0.05, 0) is 24.6 Å². The van der Waals surface area contributed by atoms with Crippen molar-refractivity contribution in [2.75, 3.05) is 31.1 Å². The second-order valence-electron chi connectivity index (χ2n) is 5.07. The summed E-state index contributed by atoms with van der Waals surface area (Å²) in [5.41, 5.74) is 2.20. The Balaban J connectivity index is 2.38. The predicted molar refractivity (Wildman–Crippen MR) is 77.0 cm³/mol. The molecule has 1 aliphatic rings. The van der Waals surface area contributed by atoms with Gasteiger partial charge in [0.15, 0.2) is 0 Å². The van der Waals surface area contributed by atoms with E-state index < -0.39 is 13.3 Å². The van der Waals surface area contributed by atoms with Crippen molar-refractivity contribution in [3.05, 3.63) is 28.8 Å². The zero-order valence-corrected chi connectivity index (χ0v) is 11.4. The molecule has 0 radical (unpaired) electrons. The van der Waals surface area contributed by atoms with E-state index in [-0.39, 0.29) is 0 Å². The average molecular weight is 281 g/mol. The van der Waals surface area contributed by atoms with E-state index in [4.69, 9.17) is 6.42 Å². The smallest absolute Gasteiger partial charge is 0.449 e. The topological polar surface area (TPSA) is 15.3 Å². The normalized spacial score (nSPS) is 16.1. The molecule has 1 aromatic carbocycles. The Kier molecular flexibility index (Phi) is 4.29. The number of hydrogen-bond donors (Lipinski definition) is 1. The quantitative estimate of drug-likeness (QED) is 0.675. The standard InChI is InChI=1S/C14H17BF3N2/c1-3-12-8-14(20-6-4-19-5-7-20)9-13(11(12)2)10-15(16,17)18/h1,8-9,19H,4-7,10H2,2H3/q-1. The molecule has 0 amide bonds. The molecule has 0 aliphatic carbocycles. The number of hydrogen-bond acceptors (Lipinski definition) is 2. The monoisotopic (exact) mass is 281 g/mol. The van der Waals surface area contributed by atoms with Crippen molar-refractivity contribution in [2.24, 2.45) is 0 Å². The summed E-state index contributed by atoms with van der Waals surface area (Å²) < 4.78 is 38.2. The summed E-state index contributed by atoms with van der Waals surface area (Å²) >= 11 is 0. The number of halogens is 3. The van der Waals surface area contributed by atoms with E-state index in [1.165, 1.54) is 0 Å². The molecule has 0 unspecified atom stereocenters. The Labute approximate surface area is 117 Å². The Morgan fingerprint density at radius 3 is 2.50 bits per heavy atom. The van der Waals surface area contributed by atoms with Crippen LogP contribution in [0.1, 0.15) is 16.7 Å². The van der Waals surface area contributed by atoms with Crippen molar-refractivity contribution in [2.45, 2.75) is 13.2 Å². The van der Waals surface area contributed by atoms with Crippen LogP contribution in [0.2, 0.25) is 0 Å². The highest BCUT2D eigenvalue weighted by molar-refractivity contribution is 6.57. The third-order valence-corrected chi connectivity index (χ3v) is 3.59. The fourth-order valence-electron chi connectivity index (χ4n) is 2.47. The van der Waals surface area contributed by atoms with E-state index in [2.05, 4.69) is 16.1 Å². The van der Waals surface area contributed by atoms with Gasteiger partial charge in [-0.25, -0.2) is 0 Å². The molecule has 0 saturated carbocycles. The first-order valence-corrected chi connectivity index (χ1v) is 6.67. The number of piperazine rings is 1. The SMILES string of the molecule is C#Cc1cc(N2CCNCC2)cc(C[B-](F)(F)F)c1C. The van der Waals surface area contributed by atoms with E-state index in [1.54, 1.807) is 13.0 Å². The minimum absolute atomic E-state index is 0.293. The van der Waals surface area contributed by atoms with Crippen LogP contribution >= 0.6 is 0 Å². The van der Waals surface area contributed by atoms with Crippen LogP contribution in [0.15, 0.2) is 12.1 Å². The van der Waals surface area contributed by atoms with E-state index in [0.29, 0.717) is 16.7 Å². The minimum Gasteiger partial charge on any atom is -0.449 e. The lowest BCUT2D eigenvalue weighted by Crippen LogP contribution is -2.43. The zero-order chi connectivity index (χ0) is 14.8. The van der Waals surface area contributed by atoms with Crippen LogP contribution in [0.4, 0.5) is 18.6 Å². The van der Waals surface area contributed by atoms with Crippen LogP contribution < -0.4 is 10.2 Å². The predicted octanol–water partition coefficient (Wildman–Crippen LogP) is 2.32. The van der Waals surface area contributed by atoms with Gasteiger partial charge in [-0.15, -0.1) is 6.42 Å². The van der Waals surface area contributed by atoms with Crippen LogP contribution in [-0.4, -0.2) is 33.2 Å². The Morgan fingerprint density at radius 1 is 1.30 bits per heavy atom. The van der Waals surface area contributed by atoms with Gasteiger partial charge in [-0.1, -0.05) is 17.8 Å². The molecule has 1 N–H and O–H groups in total. The summed E-state index contributed by atoms with van der Waals surface area (Å²) in [6, 6.07) is 3.45. The summed E-state index contributed by atoms with van der Waals surface area (Å²) in [6.45, 7) is 0.0262. The summed E-state index contributed by atoms with van der Waals surface area (Å²) in [4.78, 5) is 2.07. The van der Waals surface area contributed by atoms with Crippen LogP contribution in [0, 0.1) is 19.3 Å². The van der Waals surface area contributed by atoms with E-state index in [1.807, 2.05) is 6.07 Å². The molecule has 0 spiro atoms. The summed E-state index contributed by atoms with van der Waals surface area (Å²) in [7, 11) is 0. The molecule has 1 fully saturated rings. The Bertz CT molecular complexity index is 528. The van der Waals surface area contributed by atoms with Gasteiger partial charge < -0.3 is 23.2 Å². The molecule has 1 aromatic rings. The number of terminal acetylenes is 1. The van der Waals surface area contributed by atoms with Crippen LogP contribution in [0.5, 0.6) is 0 Å². The van der Waals surface area contributed by atoms with Crippen molar-refractivity contribution >= 4 is 12.7 Å². The lowest BCUT2D eigenvalue weighted by atomic mass is 9.79. The lowest BCUT2D eigenvalue weighted by Gasteiger charge is -2.31. The average Bonchev–Trinajstić information content (AvgIpc) is 2.40. The molecule has 0 atom stereocenters.